The molecule has 8 nitrogen and oxygen atoms in total. The molecule has 3 amide bonds. The fourth-order valence-corrected chi connectivity index (χ4v) is 2.42. The van der Waals surface area contributed by atoms with Crippen molar-refractivity contribution in [1.29, 1.82) is 5.26 Å². The minimum atomic E-state index is -0.372. The summed E-state index contributed by atoms with van der Waals surface area (Å²) in [5.41, 5.74) is 1.48. The Morgan fingerprint density at radius 3 is 2.38 bits per heavy atom. The van der Waals surface area contributed by atoms with E-state index in [2.05, 4.69) is 16.0 Å². The predicted octanol–water partition coefficient (Wildman–Crippen LogP) is 3.49. The third-order valence-electron chi connectivity index (χ3n) is 3.80. The van der Waals surface area contributed by atoms with Crippen molar-refractivity contribution in [1.82, 2.24) is 5.32 Å². The first-order valence-electron chi connectivity index (χ1n) is 8.73. The van der Waals surface area contributed by atoms with Gasteiger partial charge in [-0.05, 0) is 48.5 Å². The Bertz CT molecular complexity index is 1010. The molecule has 29 heavy (non-hydrogen) atoms. The number of rotatable bonds is 7. The van der Waals surface area contributed by atoms with Crippen LogP contribution in [-0.4, -0.2) is 18.5 Å². The minimum absolute atomic E-state index is 0.228. The first-order valence-corrected chi connectivity index (χ1v) is 8.73. The zero-order chi connectivity index (χ0) is 20.5. The van der Waals surface area contributed by atoms with Crippen LogP contribution in [0.5, 0.6) is 5.75 Å². The van der Waals surface area contributed by atoms with Crippen LogP contribution in [0.2, 0.25) is 0 Å². The second-order valence-corrected chi connectivity index (χ2v) is 5.91. The second-order valence-electron chi connectivity index (χ2n) is 5.91. The van der Waals surface area contributed by atoms with Gasteiger partial charge >= 0.3 is 6.03 Å². The van der Waals surface area contributed by atoms with E-state index in [1.54, 1.807) is 60.7 Å². The smallest absolute Gasteiger partial charge is 0.319 e. The molecule has 0 fully saturated rings. The van der Waals surface area contributed by atoms with Crippen LogP contribution in [-0.2, 0) is 11.3 Å². The van der Waals surface area contributed by atoms with E-state index in [1.165, 1.54) is 6.26 Å². The second kappa shape index (κ2) is 9.62. The molecule has 0 saturated heterocycles. The zero-order valence-corrected chi connectivity index (χ0v) is 15.3. The number of hydrogen-bond acceptors (Lipinski definition) is 5. The fraction of sp³-hybridized carbons (Fsp3) is 0.0952. The third kappa shape index (κ3) is 5.87. The van der Waals surface area contributed by atoms with Gasteiger partial charge in [0.15, 0.2) is 6.61 Å². The molecule has 0 bridgehead atoms. The van der Waals surface area contributed by atoms with Gasteiger partial charge in [-0.3, -0.25) is 4.79 Å². The van der Waals surface area contributed by atoms with Crippen molar-refractivity contribution in [3.8, 4) is 11.8 Å². The molecule has 146 valence electrons. The van der Waals surface area contributed by atoms with Gasteiger partial charge in [0.25, 0.3) is 5.91 Å². The highest BCUT2D eigenvalue weighted by atomic mass is 16.5. The van der Waals surface area contributed by atoms with Crippen molar-refractivity contribution in [2.75, 3.05) is 17.2 Å². The van der Waals surface area contributed by atoms with Gasteiger partial charge in [0.2, 0.25) is 0 Å². The lowest BCUT2D eigenvalue weighted by Crippen LogP contribution is -2.28. The lowest BCUT2D eigenvalue weighted by atomic mass is 10.2. The number of urea groups is 1. The summed E-state index contributed by atoms with van der Waals surface area (Å²) in [5, 5.41) is 17.1. The normalized spacial score (nSPS) is 9.90. The average Bonchev–Trinajstić information content (AvgIpc) is 3.26. The summed E-state index contributed by atoms with van der Waals surface area (Å²) in [6.45, 7) is 0.0514. The number of nitrogens with zero attached hydrogens (tertiary/aromatic N) is 1. The van der Waals surface area contributed by atoms with Crippen LogP contribution < -0.4 is 20.7 Å². The van der Waals surface area contributed by atoms with Crippen molar-refractivity contribution in [2.24, 2.45) is 0 Å². The van der Waals surface area contributed by atoms with Gasteiger partial charge in [-0.15, -0.1) is 0 Å². The number of para-hydroxylation sites is 1. The number of hydrogen-bond donors (Lipinski definition) is 3. The molecule has 0 radical (unpaired) electrons. The van der Waals surface area contributed by atoms with E-state index in [0.717, 1.165) is 0 Å². The molecule has 3 N–H and O–H groups in total. The summed E-state index contributed by atoms with van der Waals surface area (Å²) in [4.78, 5) is 23.9. The summed E-state index contributed by atoms with van der Waals surface area (Å²) in [5.74, 6) is 0.637. The van der Waals surface area contributed by atoms with Gasteiger partial charge in [0, 0.05) is 11.4 Å². The maximum atomic E-state index is 12.0. The molecular formula is C21H18N4O4. The molecule has 3 rings (SSSR count). The number of furan rings is 1. The molecule has 0 spiro atoms. The van der Waals surface area contributed by atoms with E-state index >= 15 is 0 Å². The van der Waals surface area contributed by atoms with Gasteiger partial charge in [-0.1, -0.05) is 12.1 Å². The molecule has 3 aromatic rings. The Kier molecular flexibility index (Phi) is 6.47. The highest BCUT2D eigenvalue weighted by Gasteiger charge is 2.08. The zero-order valence-electron chi connectivity index (χ0n) is 15.3. The van der Waals surface area contributed by atoms with E-state index in [0.29, 0.717) is 28.4 Å². The molecule has 1 aromatic heterocycles. The standard InChI is InChI=1S/C21H18N4O4/c22-12-15-4-1-2-6-19(15)29-14-20(26)24-16-7-9-17(10-8-16)25-21(27)23-13-18-5-3-11-28-18/h1-11H,13-14H2,(H,24,26)(H2,23,25,27). The summed E-state index contributed by atoms with van der Waals surface area (Å²) in [7, 11) is 0. The van der Waals surface area contributed by atoms with Crippen LogP contribution in [0.3, 0.4) is 0 Å². The quantitative estimate of drug-likeness (QED) is 0.571. The van der Waals surface area contributed by atoms with Crippen LogP contribution in [0.25, 0.3) is 0 Å². The van der Waals surface area contributed by atoms with Crippen LogP contribution in [0, 0.1) is 11.3 Å². The monoisotopic (exact) mass is 390 g/mol. The molecule has 0 aliphatic rings. The van der Waals surface area contributed by atoms with Gasteiger partial charge in [-0.25, -0.2) is 4.79 Å². The van der Waals surface area contributed by atoms with Gasteiger partial charge in [-0.2, -0.15) is 5.26 Å². The van der Waals surface area contributed by atoms with Gasteiger partial charge < -0.3 is 25.1 Å². The van der Waals surface area contributed by atoms with Gasteiger partial charge in [0.1, 0.15) is 17.6 Å². The predicted molar refractivity (Wildman–Crippen MR) is 106 cm³/mol. The van der Waals surface area contributed by atoms with E-state index in [9.17, 15) is 9.59 Å². The number of anilines is 2. The summed E-state index contributed by atoms with van der Waals surface area (Å²) < 4.78 is 10.5. The lowest BCUT2D eigenvalue weighted by Gasteiger charge is -2.10. The number of benzene rings is 2. The number of carbonyl (C=O) groups excluding carboxylic acids is 2. The first kappa shape index (κ1) is 19.5. The van der Waals surface area contributed by atoms with Crippen LogP contribution >= 0.6 is 0 Å². The fourth-order valence-electron chi connectivity index (χ4n) is 2.42. The number of nitrogens with one attached hydrogen (secondary N) is 3. The maximum absolute atomic E-state index is 12.0. The SMILES string of the molecule is N#Cc1ccccc1OCC(=O)Nc1ccc(NC(=O)NCc2ccco2)cc1. The van der Waals surface area contributed by atoms with Crippen LogP contribution in [0.4, 0.5) is 16.2 Å². The Morgan fingerprint density at radius 2 is 1.69 bits per heavy atom. The highest BCUT2D eigenvalue weighted by Crippen LogP contribution is 2.17. The Labute approximate surface area is 167 Å². The Hall–Kier alpha value is -4.25. The van der Waals surface area contributed by atoms with Crippen molar-refractivity contribution in [3.63, 3.8) is 0 Å². The van der Waals surface area contributed by atoms with Crippen LogP contribution in [0.1, 0.15) is 11.3 Å². The maximum Gasteiger partial charge on any atom is 0.319 e. The topological polar surface area (TPSA) is 116 Å². The number of carbonyl (C=O) groups is 2. The number of nitriles is 1. The lowest BCUT2D eigenvalue weighted by molar-refractivity contribution is -0.118. The number of ether oxygens (including phenoxy) is 1. The van der Waals surface area contributed by atoms with E-state index in [4.69, 9.17) is 14.4 Å². The molecule has 8 heteroatoms. The summed E-state index contributed by atoms with van der Waals surface area (Å²) in [6.07, 6.45) is 1.54. The molecule has 0 saturated carbocycles. The third-order valence-corrected chi connectivity index (χ3v) is 3.80. The molecule has 0 aliphatic heterocycles. The Balaban J connectivity index is 1.45. The van der Waals surface area contributed by atoms with Crippen molar-refractivity contribution < 1.29 is 18.7 Å². The molecule has 0 atom stereocenters. The van der Waals surface area contributed by atoms with Gasteiger partial charge in [0.05, 0.1) is 18.4 Å². The Morgan fingerprint density at radius 1 is 0.966 bits per heavy atom. The molecular weight excluding hydrogens is 372 g/mol. The molecule has 0 aliphatic carbocycles. The summed E-state index contributed by atoms with van der Waals surface area (Å²) >= 11 is 0. The van der Waals surface area contributed by atoms with E-state index in [-0.39, 0.29) is 25.1 Å². The highest BCUT2D eigenvalue weighted by molar-refractivity contribution is 5.93. The van der Waals surface area contributed by atoms with E-state index in [1.807, 2.05) is 6.07 Å². The first-order chi connectivity index (χ1) is 14.1. The van der Waals surface area contributed by atoms with Crippen molar-refractivity contribution >= 4 is 23.3 Å². The number of amides is 3. The van der Waals surface area contributed by atoms with Crippen LogP contribution in [0.15, 0.2) is 71.3 Å². The van der Waals surface area contributed by atoms with Crippen molar-refractivity contribution in [3.05, 3.63) is 78.3 Å². The molecule has 2 aromatic carbocycles. The summed E-state index contributed by atoms with van der Waals surface area (Å²) in [6, 6.07) is 18.5. The van der Waals surface area contributed by atoms with E-state index < -0.39 is 0 Å². The van der Waals surface area contributed by atoms with Crippen molar-refractivity contribution in [2.45, 2.75) is 6.54 Å². The molecule has 0 unspecified atom stereocenters. The largest absolute Gasteiger partial charge is 0.482 e. The molecule has 1 heterocycles. The average molecular weight is 390 g/mol. The minimum Gasteiger partial charge on any atom is -0.482 e.